The molecule has 0 radical (unpaired) electrons. The molecule has 7 rings (SSSR count). The second-order valence-electron chi connectivity index (χ2n) is 15.3. The zero-order valence-corrected chi connectivity index (χ0v) is 27.6. The van der Waals surface area contributed by atoms with Gasteiger partial charge < -0.3 is 14.5 Å². The zero-order chi connectivity index (χ0) is 33.5. The monoisotopic (exact) mass is 657 g/mol. The van der Waals surface area contributed by atoms with Crippen molar-refractivity contribution in [3.8, 4) is 0 Å². The Kier molecular flexibility index (Phi) is 7.69. The summed E-state index contributed by atoms with van der Waals surface area (Å²) in [5.74, 6) is -3.73. The maximum Gasteiger partial charge on any atom is 0.410 e. The van der Waals surface area contributed by atoms with Crippen LogP contribution in [0.25, 0.3) is 11.0 Å². The maximum absolute atomic E-state index is 15.2. The highest BCUT2D eigenvalue weighted by Crippen LogP contribution is 2.52. The van der Waals surface area contributed by atoms with E-state index in [2.05, 4.69) is 15.1 Å². The lowest BCUT2D eigenvalue weighted by atomic mass is 9.59. The molecule has 47 heavy (non-hydrogen) atoms. The van der Waals surface area contributed by atoms with Crippen molar-refractivity contribution in [3.05, 3.63) is 28.7 Å². The van der Waals surface area contributed by atoms with Crippen LogP contribution in [-0.4, -0.2) is 118 Å². The van der Waals surface area contributed by atoms with Crippen molar-refractivity contribution < 1.29 is 27.9 Å². The minimum Gasteiger partial charge on any atom is -0.444 e. The fourth-order valence-corrected chi connectivity index (χ4v) is 8.48. The molecule has 3 amide bonds. The standard InChI is InChI=1S/C33H45F2N7O5/c1-31(2,3)47-30(46)40-10-9-26(33(34,35)20-40)41-18-32(19-41)16-22(17-32)39-13-11-38(12-14-39)21-5-6-23-25(15-21)37(4)29(45)42(23)24-7-8-27(43)36-28(24)44/h5-6,15,22,24,26H,7-14,16-20H2,1-4H3,(H,36,43,44). The number of aryl methyl sites for hydroxylation is 1. The molecule has 4 aliphatic heterocycles. The summed E-state index contributed by atoms with van der Waals surface area (Å²) >= 11 is 0. The molecule has 1 spiro atoms. The number of amides is 3. The van der Waals surface area contributed by atoms with Crippen LogP contribution in [0.1, 0.15) is 58.9 Å². The van der Waals surface area contributed by atoms with E-state index >= 15 is 8.78 Å². The van der Waals surface area contributed by atoms with Crippen LogP contribution in [0.2, 0.25) is 0 Å². The predicted molar refractivity (Wildman–Crippen MR) is 171 cm³/mol. The highest BCUT2D eigenvalue weighted by atomic mass is 19.3. The van der Waals surface area contributed by atoms with Crippen molar-refractivity contribution in [2.75, 3.05) is 57.3 Å². The lowest BCUT2D eigenvalue weighted by molar-refractivity contribution is -0.191. The summed E-state index contributed by atoms with van der Waals surface area (Å²) in [4.78, 5) is 57.6. The Bertz CT molecular complexity index is 1640. The average Bonchev–Trinajstić information content (AvgIpc) is 3.20. The van der Waals surface area contributed by atoms with E-state index in [4.69, 9.17) is 4.74 Å². The molecule has 2 atom stereocenters. The number of carbonyl (C=O) groups excluding carboxylic acids is 3. The van der Waals surface area contributed by atoms with Crippen LogP contribution in [0.4, 0.5) is 19.3 Å². The van der Waals surface area contributed by atoms with Gasteiger partial charge in [0.1, 0.15) is 11.6 Å². The molecule has 1 aliphatic carbocycles. The van der Waals surface area contributed by atoms with E-state index in [1.807, 2.05) is 23.1 Å². The highest BCUT2D eigenvalue weighted by molar-refractivity contribution is 6.00. The first-order chi connectivity index (χ1) is 22.1. The minimum absolute atomic E-state index is 0.117. The van der Waals surface area contributed by atoms with Gasteiger partial charge in [-0.05, 0) is 70.1 Å². The Labute approximate surface area is 272 Å². The Hall–Kier alpha value is -3.52. The number of piperidine rings is 2. The van der Waals surface area contributed by atoms with Gasteiger partial charge in [-0.2, -0.15) is 0 Å². The first kappa shape index (κ1) is 32.0. The van der Waals surface area contributed by atoms with Crippen molar-refractivity contribution in [2.45, 2.75) is 82.5 Å². The fraction of sp³-hybridized carbons (Fsp3) is 0.697. The van der Waals surface area contributed by atoms with Crippen LogP contribution in [0.15, 0.2) is 23.0 Å². The molecule has 14 heteroatoms. The van der Waals surface area contributed by atoms with E-state index in [9.17, 15) is 19.2 Å². The number of anilines is 1. The lowest BCUT2D eigenvalue weighted by Crippen LogP contribution is -2.72. The van der Waals surface area contributed by atoms with Crippen LogP contribution < -0.4 is 15.9 Å². The molecule has 2 unspecified atom stereocenters. The van der Waals surface area contributed by atoms with Crippen LogP contribution in [0, 0.1) is 5.41 Å². The van der Waals surface area contributed by atoms with E-state index in [-0.39, 0.29) is 36.4 Å². The molecule has 1 aromatic heterocycles. The number of carbonyl (C=O) groups is 3. The average molecular weight is 658 g/mol. The molecule has 5 heterocycles. The van der Waals surface area contributed by atoms with Gasteiger partial charge in [0, 0.05) is 71.0 Å². The summed E-state index contributed by atoms with van der Waals surface area (Å²) in [6.07, 6.45) is 2.12. The number of rotatable bonds is 4. The second kappa shape index (κ2) is 11.3. The molecule has 5 fully saturated rings. The molecular formula is C33H45F2N7O5. The van der Waals surface area contributed by atoms with Crippen molar-refractivity contribution in [1.29, 1.82) is 0 Å². The number of likely N-dealkylation sites (tertiary alicyclic amines) is 2. The van der Waals surface area contributed by atoms with E-state index in [1.54, 1.807) is 32.4 Å². The summed E-state index contributed by atoms with van der Waals surface area (Å²) < 4.78 is 38.8. The molecule has 1 N–H and O–H groups in total. The van der Waals surface area contributed by atoms with E-state index in [0.29, 0.717) is 31.1 Å². The number of ether oxygens (including phenoxy) is 1. The number of imide groups is 1. The van der Waals surface area contributed by atoms with Gasteiger partial charge in [0.15, 0.2) is 0 Å². The topological polar surface area (TPSA) is 112 Å². The number of halogens is 2. The number of hydrogen-bond donors (Lipinski definition) is 1. The SMILES string of the molecule is Cn1c(=O)n(C2CCC(=O)NC2=O)c2ccc(N3CCN(C4CC5(C4)CN(C4CCN(C(=O)OC(C)(C)C)CC4(F)F)C5)CC3)cc21. The van der Waals surface area contributed by atoms with Crippen LogP contribution in [-0.2, 0) is 21.4 Å². The van der Waals surface area contributed by atoms with Gasteiger partial charge in [0.2, 0.25) is 11.8 Å². The van der Waals surface area contributed by atoms with Crippen molar-refractivity contribution in [1.82, 2.24) is 29.2 Å². The van der Waals surface area contributed by atoms with Gasteiger partial charge in [0.05, 0.1) is 23.6 Å². The molecule has 2 aromatic rings. The van der Waals surface area contributed by atoms with E-state index in [0.717, 1.165) is 55.1 Å². The largest absolute Gasteiger partial charge is 0.444 e. The number of alkyl halides is 2. The molecule has 5 aliphatic rings. The molecular weight excluding hydrogens is 612 g/mol. The Morgan fingerprint density at radius 3 is 2.28 bits per heavy atom. The Morgan fingerprint density at radius 1 is 0.936 bits per heavy atom. The number of nitrogens with one attached hydrogen (secondary N) is 1. The van der Waals surface area contributed by atoms with Gasteiger partial charge >= 0.3 is 11.8 Å². The van der Waals surface area contributed by atoms with Gasteiger partial charge in [-0.3, -0.25) is 33.8 Å². The third-order valence-electron chi connectivity index (χ3n) is 10.9. The molecule has 1 aromatic carbocycles. The summed E-state index contributed by atoms with van der Waals surface area (Å²) in [6.45, 7) is 9.74. The minimum atomic E-state index is -2.97. The van der Waals surface area contributed by atoms with Crippen LogP contribution in [0.5, 0.6) is 0 Å². The number of piperazine rings is 1. The third-order valence-corrected chi connectivity index (χ3v) is 10.9. The predicted octanol–water partition coefficient (Wildman–Crippen LogP) is 2.55. The molecule has 4 saturated heterocycles. The fourth-order valence-electron chi connectivity index (χ4n) is 8.48. The smallest absolute Gasteiger partial charge is 0.410 e. The summed E-state index contributed by atoms with van der Waals surface area (Å²) in [7, 11) is 1.71. The molecule has 1 saturated carbocycles. The Balaban J connectivity index is 0.909. The molecule has 256 valence electrons. The van der Waals surface area contributed by atoms with Crippen LogP contribution >= 0.6 is 0 Å². The maximum atomic E-state index is 15.2. The van der Waals surface area contributed by atoms with Gasteiger partial charge in [-0.1, -0.05) is 0 Å². The zero-order valence-electron chi connectivity index (χ0n) is 27.6. The number of aromatic nitrogens is 2. The quantitative estimate of drug-likeness (QED) is 0.500. The molecule has 12 nitrogen and oxygen atoms in total. The summed E-state index contributed by atoms with van der Waals surface area (Å²) in [5, 5.41) is 2.35. The highest BCUT2D eigenvalue weighted by Gasteiger charge is 2.59. The van der Waals surface area contributed by atoms with Crippen molar-refractivity contribution in [3.63, 3.8) is 0 Å². The third kappa shape index (κ3) is 5.81. The van der Waals surface area contributed by atoms with E-state index in [1.165, 1.54) is 4.57 Å². The number of fused-ring (bicyclic) bond motifs is 1. The Morgan fingerprint density at radius 2 is 1.64 bits per heavy atom. The number of nitrogens with zero attached hydrogens (tertiary/aromatic N) is 6. The second-order valence-corrected chi connectivity index (χ2v) is 15.3. The molecule has 0 bridgehead atoms. The van der Waals surface area contributed by atoms with Gasteiger partial charge in [-0.15, -0.1) is 0 Å². The summed E-state index contributed by atoms with van der Waals surface area (Å²) in [5.41, 5.74) is 1.56. The first-order valence-electron chi connectivity index (χ1n) is 16.8. The number of hydrogen-bond acceptors (Lipinski definition) is 8. The van der Waals surface area contributed by atoms with Crippen LogP contribution in [0.3, 0.4) is 0 Å². The van der Waals surface area contributed by atoms with Crippen molar-refractivity contribution in [2.24, 2.45) is 12.5 Å². The lowest BCUT2D eigenvalue weighted by Gasteiger charge is -2.64. The number of benzene rings is 1. The first-order valence-corrected chi connectivity index (χ1v) is 16.8. The van der Waals surface area contributed by atoms with Crippen molar-refractivity contribution >= 4 is 34.6 Å². The van der Waals surface area contributed by atoms with Gasteiger partial charge in [-0.25, -0.2) is 18.4 Å². The number of imidazole rings is 1. The van der Waals surface area contributed by atoms with E-state index < -0.39 is 42.2 Å². The summed E-state index contributed by atoms with van der Waals surface area (Å²) in [6, 6.07) is 4.80. The van der Waals surface area contributed by atoms with Gasteiger partial charge in [0.25, 0.3) is 5.92 Å². The normalized spacial score (nSPS) is 27.1.